The summed E-state index contributed by atoms with van der Waals surface area (Å²) in [5.41, 5.74) is 10.5. The highest BCUT2D eigenvalue weighted by molar-refractivity contribution is 7.09. The number of benzene rings is 2. The Kier molecular flexibility index (Phi) is 4.82. The van der Waals surface area contributed by atoms with Crippen LogP contribution in [0.25, 0.3) is 0 Å². The molecule has 2 aromatic carbocycles. The quantitative estimate of drug-likeness (QED) is 0.724. The maximum absolute atomic E-state index is 12.6. The van der Waals surface area contributed by atoms with Gasteiger partial charge in [0.05, 0.1) is 12.1 Å². The summed E-state index contributed by atoms with van der Waals surface area (Å²) >= 11 is 1.45. The second-order valence-corrected chi connectivity index (χ2v) is 7.52. The Hall–Kier alpha value is -2.50. The van der Waals surface area contributed by atoms with Crippen LogP contribution in [0.2, 0.25) is 0 Å². The molecule has 4 rings (SSSR count). The van der Waals surface area contributed by atoms with Crippen LogP contribution in [0, 0.1) is 0 Å². The van der Waals surface area contributed by atoms with E-state index < -0.39 is 0 Å². The Morgan fingerprint density at radius 2 is 1.96 bits per heavy atom. The summed E-state index contributed by atoms with van der Waals surface area (Å²) in [5, 5.41) is 5.72. The number of nitrogens with one attached hydrogen (secondary N) is 1. The topological polar surface area (TPSA) is 68.0 Å². The van der Waals surface area contributed by atoms with Gasteiger partial charge >= 0.3 is 0 Å². The van der Waals surface area contributed by atoms with E-state index in [1.807, 2.05) is 30.3 Å². The summed E-state index contributed by atoms with van der Waals surface area (Å²) < 4.78 is 0. The van der Waals surface area contributed by atoms with E-state index in [0.717, 1.165) is 17.8 Å². The summed E-state index contributed by atoms with van der Waals surface area (Å²) in [4.78, 5) is 17.1. The minimum atomic E-state index is -0.198. The molecule has 0 spiro atoms. The third kappa shape index (κ3) is 3.54. The second-order valence-electron chi connectivity index (χ2n) is 6.63. The Bertz CT molecular complexity index is 906. The number of hydrogen-bond donors (Lipinski definition) is 2. The van der Waals surface area contributed by atoms with Crippen molar-refractivity contribution < 1.29 is 4.79 Å². The second kappa shape index (κ2) is 7.40. The van der Waals surface area contributed by atoms with Gasteiger partial charge in [-0.2, -0.15) is 0 Å². The first-order chi connectivity index (χ1) is 12.7. The van der Waals surface area contributed by atoms with Gasteiger partial charge in [-0.15, -0.1) is 11.3 Å². The SMILES string of the molecule is NC(Cc1ccccc1)c1nc(C(=O)NC2CCc3ccccc32)cs1. The van der Waals surface area contributed by atoms with Crippen molar-refractivity contribution in [2.75, 3.05) is 0 Å². The Balaban J connectivity index is 1.42. The van der Waals surface area contributed by atoms with Gasteiger partial charge in [-0.1, -0.05) is 54.6 Å². The van der Waals surface area contributed by atoms with E-state index in [1.54, 1.807) is 5.38 Å². The van der Waals surface area contributed by atoms with Crippen LogP contribution in [0.3, 0.4) is 0 Å². The fourth-order valence-corrected chi connectivity index (χ4v) is 4.26. The molecule has 0 fully saturated rings. The van der Waals surface area contributed by atoms with Crippen molar-refractivity contribution in [2.45, 2.75) is 31.3 Å². The van der Waals surface area contributed by atoms with Crippen molar-refractivity contribution in [1.82, 2.24) is 10.3 Å². The number of nitrogens with two attached hydrogens (primary N) is 1. The molecule has 0 saturated carbocycles. The molecule has 1 aliphatic carbocycles. The van der Waals surface area contributed by atoms with Gasteiger partial charge in [0.2, 0.25) is 0 Å². The molecular formula is C21H21N3OS. The van der Waals surface area contributed by atoms with Crippen molar-refractivity contribution >= 4 is 17.2 Å². The molecular weight excluding hydrogens is 342 g/mol. The zero-order valence-corrected chi connectivity index (χ0v) is 15.2. The third-order valence-electron chi connectivity index (χ3n) is 4.81. The highest BCUT2D eigenvalue weighted by Crippen LogP contribution is 2.31. The largest absolute Gasteiger partial charge is 0.344 e. The zero-order chi connectivity index (χ0) is 17.9. The number of thiazole rings is 1. The van der Waals surface area contributed by atoms with Crippen molar-refractivity contribution in [3.05, 3.63) is 87.4 Å². The van der Waals surface area contributed by atoms with E-state index in [9.17, 15) is 4.79 Å². The monoisotopic (exact) mass is 363 g/mol. The summed E-state index contributed by atoms with van der Waals surface area (Å²) in [6.07, 6.45) is 2.66. The van der Waals surface area contributed by atoms with Crippen LogP contribution in [0.5, 0.6) is 0 Å². The van der Waals surface area contributed by atoms with Crippen molar-refractivity contribution in [3.63, 3.8) is 0 Å². The number of rotatable bonds is 5. The lowest BCUT2D eigenvalue weighted by molar-refractivity contribution is 0.0932. The number of fused-ring (bicyclic) bond motifs is 1. The minimum Gasteiger partial charge on any atom is -0.344 e. The molecule has 132 valence electrons. The van der Waals surface area contributed by atoms with Gasteiger partial charge in [0.15, 0.2) is 0 Å². The fourth-order valence-electron chi connectivity index (χ4n) is 3.46. The highest BCUT2D eigenvalue weighted by atomic mass is 32.1. The average Bonchev–Trinajstić information content (AvgIpc) is 3.30. The molecule has 0 aliphatic heterocycles. The van der Waals surface area contributed by atoms with E-state index in [1.165, 1.54) is 28.0 Å². The van der Waals surface area contributed by atoms with E-state index >= 15 is 0 Å². The average molecular weight is 363 g/mol. The number of nitrogens with zero attached hydrogens (tertiary/aromatic N) is 1. The summed E-state index contributed by atoms with van der Waals surface area (Å²) in [6.45, 7) is 0. The van der Waals surface area contributed by atoms with E-state index in [-0.39, 0.29) is 18.0 Å². The van der Waals surface area contributed by atoms with Crippen LogP contribution in [0.1, 0.15) is 50.7 Å². The number of hydrogen-bond acceptors (Lipinski definition) is 4. The smallest absolute Gasteiger partial charge is 0.271 e. The van der Waals surface area contributed by atoms with E-state index in [0.29, 0.717) is 12.1 Å². The molecule has 26 heavy (non-hydrogen) atoms. The van der Waals surface area contributed by atoms with Crippen molar-refractivity contribution in [1.29, 1.82) is 0 Å². The van der Waals surface area contributed by atoms with Crippen LogP contribution in [-0.2, 0) is 12.8 Å². The predicted octanol–water partition coefficient (Wildman–Crippen LogP) is 3.80. The van der Waals surface area contributed by atoms with Crippen LogP contribution in [0.15, 0.2) is 60.0 Å². The molecule has 2 atom stereocenters. The maximum Gasteiger partial charge on any atom is 0.271 e. The lowest BCUT2D eigenvalue weighted by atomic mass is 10.1. The van der Waals surface area contributed by atoms with Crippen LogP contribution < -0.4 is 11.1 Å². The normalized spacial score (nSPS) is 16.9. The van der Waals surface area contributed by atoms with Gasteiger partial charge in [0.25, 0.3) is 5.91 Å². The molecule has 5 heteroatoms. The fraction of sp³-hybridized carbons (Fsp3) is 0.238. The highest BCUT2D eigenvalue weighted by Gasteiger charge is 2.25. The Labute approximate surface area is 157 Å². The number of carbonyl (C=O) groups is 1. The summed E-state index contributed by atoms with van der Waals surface area (Å²) in [6, 6.07) is 18.3. The first-order valence-electron chi connectivity index (χ1n) is 8.84. The van der Waals surface area contributed by atoms with Gasteiger partial charge in [0, 0.05) is 5.38 Å². The van der Waals surface area contributed by atoms with Crippen LogP contribution in [0.4, 0.5) is 0 Å². The molecule has 1 amide bonds. The van der Waals surface area contributed by atoms with Gasteiger partial charge in [0.1, 0.15) is 10.7 Å². The number of aryl methyl sites for hydroxylation is 1. The molecule has 1 heterocycles. The predicted molar refractivity (Wildman–Crippen MR) is 104 cm³/mol. The van der Waals surface area contributed by atoms with Crippen molar-refractivity contribution in [2.24, 2.45) is 5.73 Å². The van der Waals surface area contributed by atoms with E-state index in [4.69, 9.17) is 5.73 Å². The molecule has 0 radical (unpaired) electrons. The first-order valence-corrected chi connectivity index (χ1v) is 9.72. The lowest BCUT2D eigenvalue weighted by Gasteiger charge is -2.13. The molecule has 3 aromatic rings. The standard InChI is InChI=1S/C21H21N3OS/c22-17(12-14-6-2-1-3-7-14)21-24-19(13-26-21)20(25)23-18-11-10-15-8-4-5-9-16(15)18/h1-9,13,17-18H,10-12,22H2,(H,23,25). The van der Waals surface area contributed by atoms with Gasteiger partial charge in [-0.05, 0) is 36.0 Å². The number of amides is 1. The molecule has 1 aliphatic rings. The Morgan fingerprint density at radius 3 is 2.81 bits per heavy atom. The van der Waals surface area contributed by atoms with Gasteiger partial charge < -0.3 is 11.1 Å². The van der Waals surface area contributed by atoms with Crippen LogP contribution >= 0.6 is 11.3 Å². The zero-order valence-electron chi connectivity index (χ0n) is 14.4. The summed E-state index contributed by atoms with van der Waals surface area (Å²) in [7, 11) is 0. The molecule has 4 nitrogen and oxygen atoms in total. The first kappa shape index (κ1) is 16.9. The molecule has 3 N–H and O–H groups in total. The Morgan fingerprint density at radius 1 is 1.19 bits per heavy atom. The van der Waals surface area contributed by atoms with Gasteiger partial charge in [-0.25, -0.2) is 4.98 Å². The molecule has 1 aromatic heterocycles. The van der Waals surface area contributed by atoms with Crippen molar-refractivity contribution in [3.8, 4) is 0 Å². The minimum absolute atomic E-state index is 0.0712. The molecule has 0 bridgehead atoms. The van der Waals surface area contributed by atoms with Gasteiger partial charge in [-0.3, -0.25) is 4.79 Å². The van der Waals surface area contributed by atoms with Crippen LogP contribution in [-0.4, -0.2) is 10.9 Å². The third-order valence-corrected chi connectivity index (χ3v) is 5.79. The summed E-state index contributed by atoms with van der Waals surface area (Å²) in [5.74, 6) is -0.124. The van der Waals surface area contributed by atoms with E-state index in [2.05, 4.69) is 34.6 Å². The molecule has 0 saturated heterocycles. The number of aromatic nitrogens is 1. The number of carbonyl (C=O) groups excluding carboxylic acids is 1. The maximum atomic E-state index is 12.6. The molecule has 2 unspecified atom stereocenters. The lowest BCUT2D eigenvalue weighted by Crippen LogP contribution is -2.27.